The molecule has 14 heavy (non-hydrogen) atoms. The van der Waals surface area contributed by atoms with Crippen LogP contribution in [0, 0.1) is 23.2 Å². The summed E-state index contributed by atoms with van der Waals surface area (Å²) in [7, 11) is 0. The topological polar surface area (TPSA) is 12.0 Å². The highest BCUT2D eigenvalue weighted by Gasteiger charge is 2.55. The fourth-order valence-corrected chi connectivity index (χ4v) is 3.85. The molecule has 4 unspecified atom stereocenters. The van der Waals surface area contributed by atoms with Crippen LogP contribution in [0.5, 0.6) is 0 Å². The molecule has 3 rings (SSSR count). The Morgan fingerprint density at radius 2 is 1.79 bits per heavy atom. The average molecular weight is 193 g/mol. The van der Waals surface area contributed by atoms with Gasteiger partial charge in [0.2, 0.25) is 0 Å². The molecule has 3 fully saturated rings. The van der Waals surface area contributed by atoms with E-state index in [1.165, 1.54) is 25.7 Å². The molecule has 0 aliphatic heterocycles. The molecule has 0 spiro atoms. The number of hydrogen-bond acceptors (Lipinski definition) is 1. The van der Waals surface area contributed by atoms with Crippen LogP contribution in [0.4, 0.5) is 0 Å². The summed E-state index contributed by atoms with van der Waals surface area (Å²) in [6.45, 7) is 7.21. The first-order valence-electron chi connectivity index (χ1n) is 6.36. The summed E-state index contributed by atoms with van der Waals surface area (Å²) in [5, 5.41) is 3.87. The first-order valence-corrected chi connectivity index (χ1v) is 6.36. The highest BCUT2D eigenvalue weighted by atomic mass is 15.0. The first kappa shape index (κ1) is 9.21. The van der Waals surface area contributed by atoms with Crippen molar-refractivity contribution in [3.05, 3.63) is 0 Å². The number of rotatable bonds is 3. The van der Waals surface area contributed by atoms with Gasteiger partial charge in [-0.15, -0.1) is 0 Å². The van der Waals surface area contributed by atoms with Gasteiger partial charge >= 0.3 is 0 Å². The Morgan fingerprint density at radius 1 is 1.21 bits per heavy atom. The SMILES string of the molecule is CC(NC1C2CCCC21)C1CC1(C)C. The van der Waals surface area contributed by atoms with Gasteiger partial charge in [-0.1, -0.05) is 20.3 Å². The molecule has 0 heterocycles. The van der Waals surface area contributed by atoms with Crippen molar-refractivity contribution in [2.75, 3.05) is 0 Å². The zero-order valence-electron chi connectivity index (χ0n) is 9.72. The minimum Gasteiger partial charge on any atom is -0.311 e. The zero-order chi connectivity index (χ0) is 9.92. The summed E-state index contributed by atoms with van der Waals surface area (Å²) in [6, 6.07) is 1.68. The van der Waals surface area contributed by atoms with E-state index in [2.05, 4.69) is 26.1 Å². The Labute approximate surface area is 87.7 Å². The van der Waals surface area contributed by atoms with Gasteiger partial charge in [0, 0.05) is 12.1 Å². The summed E-state index contributed by atoms with van der Waals surface area (Å²) in [5.74, 6) is 3.09. The molecule has 0 aromatic rings. The average Bonchev–Trinajstić information content (AvgIpc) is 2.87. The van der Waals surface area contributed by atoms with Crippen LogP contribution in [0.2, 0.25) is 0 Å². The Kier molecular flexibility index (Phi) is 1.81. The molecule has 0 aromatic heterocycles. The molecule has 4 atom stereocenters. The van der Waals surface area contributed by atoms with E-state index in [-0.39, 0.29) is 0 Å². The van der Waals surface area contributed by atoms with Crippen LogP contribution in [0.3, 0.4) is 0 Å². The smallest absolute Gasteiger partial charge is 0.0133 e. The third-order valence-electron chi connectivity index (χ3n) is 5.06. The van der Waals surface area contributed by atoms with E-state index < -0.39 is 0 Å². The lowest BCUT2D eigenvalue weighted by Gasteiger charge is -2.16. The molecule has 3 aliphatic carbocycles. The summed E-state index contributed by atoms with van der Waals surface area (Å²) in [6.07, 6.45) is 5.94. The predicted octanol–water partition coefficient (Wildman–Crippen LogP) is 2.81. The van der Waals surface area contributed by atoms with Crippen molar-refractivity contribution in [2.45, 2.75) is 58.5 Å². The van der Waals surface area contributed by atoms with Crippen LogP contribution in [0.25, 0.3) is 0 Å². The van der Waals surface area contributed by atoms with E-state index in [0.29, 0.717) is 5.41 Å². The van der Waals surface area contributed by atoms with Gasteiger partial charge in [-0.25, -0.2) is 0 Å². The lowest BCUT2D eigenvalue weighted by Crippen LogP contribution is -2.33. The third kappa shape index (κ3) is 1.32. The molecule has 3 aliphatic rings. The van der Waals surface area contributed by atoms with Gasteiger partial charge in [-0.05, 0) is 49.4 Å². The highest BCUT2D eigenvalue weighted by Crippen LogP contribution is 2.56. The summed E-state index contributed by atoms with van der Waals surface area (Å²) >= 11 is 0. The van der Waals surface area contributed by atoms with Crippen LogP contribution in [0.1, 0.15) is 46.5 Å². The van der Waals surface area contributed by atoms with E-state index in [0.717, 1.165) is 29.8 Å². The van der Waals surface area contributed by atoms with E-state index in [9.17, 15) is 0 Å². The molecule has 0 bridgehead atoms. The van der Waals surface area contributed by atoms with Gasteiger partial charge in [0.05, 0.1) is 0 Å². The Hall–Kier alpha value is -0.0400. The van der Waals surface area contributed by atoms with Crippen molar-refractivity contribution in [2.24, 2.45) is 23.2 Å². The summed E-state index contributed by atoms with van der Waals surface area (Å²) in [4.78, 5) is 0. The maximum Gasteiger partial charge on any atom is 0.0133 e. The molecular formula is C13H23N. The fourth-order valence-electron chi connectivity index (χ4n) is 3.85. The lowest BCUT2D eigenvalue weighted by atomic mass is 10.0. The van der Waals surface area contributed by atoms with Crippen LogP contribution < -0.4 is 5.32 Å². The molecule has 0 aromatic carbocycles. The molecule has 3 saturated carbocycles. The summed E-state index contributed by atoms with van der Waals surface area (Å²) in [5.41, 5.74) is 0.635. The molecule has 1 N–H and O–H groups in total. The van der Waals surface area contributed by atoms with Crippen LogP contribution in [0.15, 0.2) is 0 Å². The maximum absolute atomic E-state index is 3.87. The molecule has 0 amide bonds. The Bertz CT molecular complexity index is 236. The molecule has 80 valence electrons. The predicted molar refractivity (Wildman–Crippen MR) is 59.1 cm³/mol. The number of hydrogen-bond donors (Lipinski definition) is 1. The van der Waals surface area contributed by atoms with Crippen molar-refractivity contribution in [3.8, 4) is 0 Å². The molecular weight excluding hydrogens is 170 g/mol. The van der Waals surface area contributed by atoms with E-state index in [1.807, 2.05) is 0 Å². The second kappa shape index (κ2) is 2.75. The van der Waals surface area contributed by atoms with Crippen molar-refractivity contribution >= 4 is 0 Å². The van der Waals surface area contributed by atoms with Gasteiger partial charge < -0.3 is 5.32 Å². The zero-order valence-corrected chi connectivity index (χ0v) is 9.72. The van der Waals surface area contributed by atoms with Gasteiger partial charge in [0.1, 0.15) is 0 Å². The molecule has 1 heteroatoms. The lowest BCUT2D eigenvalue weighted by molar-refractivity contribution is 0.403. The monoisotopic (exact) mass is 193 g/mol. The van der Waals surface area contributed by atoms with E-state index in [4.69, 9.17) is 0 Å². The second-order valence-corrected chi connectivity index (χ2v) is 6.54. The summed E-state index contributed by atoms with van der Waals surface area (Å²) < 4.78 is 0. The van der Waals surface area contributed by atoms with E-state index in [1.54, 1.807) is 0 Å². The van der Waals surface area contributed by atoms with Crippen LogP contribution in [-0.4, -0.2) is 12.1 Å². The molecule has 0 saturated heterocycles. The minimum absolute atomic E-state index is 0.635. The third-order valence-corrected chi connectivity index (χ3v) is 5.06. The minimum atomic E-state index is 0.635. The quantitative estimate of drug-likeness (QED) is 0.727. The normalized spacial score (nSPS) is 49.9. The van der Waals surface area contributed by atoms with Crippen molar-refractivity contribution in [1.29, 1.82) is 0 Å². The Balaban J connectivity index is 1.50. The molecule has 1 nitrogen and oxygen atoms in total. The van der Waals surface area contributed by atoms with E-state index >= 15 is 0 Å². The number of nitrogens with one attached hydrogen (secondary N) is 1. The first-order chi connectivity index (χ1) is 6.59. The van der Waals surface area contributed by atoms with Crippen LogP contribution in [-0.2, 0) is 0 Å². The van der Waals surface area contributed by atoms with Crippen molar-refractivity contribution < 1.29 is 0 Å². The van der Waals surface area contributed by atoms with Gasteiger partial charge in [-0.3, -0.25) is 0 Å². The largest absolute Gasteiger partial charge is 0.311 e. The Morgan fingerprint density at radius 3 is 2.29 bits per heavy atom. The van der Waals surface area contributed by atoms with Gasteiger partial charge in [-0.2, -0.15) is 0 Å². The van der Waals surface area contributed by atoms with Crippen LogP contribution >= 0.6 is 0 Å². The fraction of sp³-hybridized carbons (Fsp3) is 1.00. The van der Waals surface area contributed by atoms with Crippen molar-refractivity contribution in [3.63, 3.8) is 0 Å². The second-order valence-electron chi connectivity index (χ2n) is 6.54. The van der Waals surface area contributed by atoms with Gasteiger partial charge in [0.25, 0.3) is 0 Å². The van der Waals surface area contributed by atoms with Crippen molar-refractivity contribution in [1.82, 2.24) is 5.32 Å². The van der Waals surface area contributed by atoms with Gasteiger partial charge in [0.15, 0.2) is 0 Å². The number of fused-ring (bicyclic) bond motifs is 1. The highest BCUT2D eigenvalue weighted by molar-refractivity contribution is 5.09. The maximum atomic E-state index is 3.87. The standard InChI is InChI=1S/C13H23N/c1-8(11-7-13(11,2)3)14-12-9-5-4-6-10(9)12/h8-12,14H,4-7H2,1-3H3. The molecule has 0 radical (unpaired) electrons.